The quantitative estimate of drug-likeness (QED) is 0.781. The van der Waals surface area contributed by atoms with E-state index in [1.165, 1.54) is 13.0 Å². The fourth-order valence-electron chi connectivity index (χ4n) is 3.69. The smallest absolute Gasteiger partial charge is 0.338 e. The number of halogens is 3. The Balaban J connectivity index is 2.11. The van der Waals surface area contributed by atoms with Gasteiger partial charge in [0.1, 0.15) is 6.04 Å². The normalized spacial score (nSPS) is 17.0. The Morgan fingerprint density at radius 3 is 2.28 bits per heavy atom. The Kier molecular flexibility index (Phi) is 5.71. The molecule has 0 bridgehead atoms. The van der Waals surface area contributed by atoms with E-state index in [1.54, 1.807) is 24.8 Å². The number of amides is 1. The molecule has 1 aliphatic heterocycles. The SMILES string of the molecule is CCN1CCN(C(=O)[C@@H](C)n2c(=O)c(C(F)(F)F)nc3cc(C)c(C)cc32)CC1. The molecule has 0 aliphatic carbocycles. The van der Waals surface area contributed by atoms with E-state index in [4.69, 9.17) is 0 Å². The van der Waals surface area contributed by atoms with Crippen molar-refractivity contribution in [3.05, 3.63) is 39.3 Å². The molecule has 1 fully saturated rings. The number of carbonyl (C=O) groups is 1. The molecule has 2 heterocycles. The van der Waals surface area contributed by atoms with Crippen LogP contribution in [0.3, 0.4) is 0 Å². The third-order valence-corrected chi connectivity index (χ3v) is 5.65. The molecule has 0 spiro atoms. The molecule has 3 rings (SSSR count). The number of aryl methyl sites for hydroxylation is 2. The van der Waals surface area contributed by atoms with E-state index in [0.29, 0.717) is 26.2 Å². The minimum Gasteiger partial charge on any atom is -0.338 e. The van der Waals surface area contributed by atoms with Gasteiger partial charge in [0.25, 0.3) is 5.56 Å². The summed E-state index contributed by atoms with van der Waals surface area (Å²) < 4.78 is 41.3. The number of piperazine rings is 1. The summed E-state index contributed by atoms with van der Waals surface area (Å²) in [5, 5.41) is 0. The molecule has 1 aliphatic rings. The first-order chi connectivity index (χ1) is 13.5. The van der Waals surface area contributed by atoms with Crippen LogP contribution in [0.2, 0.25) is 0 Å². The van der Waals surface area contributed by atoms with Crippen LogP contribution in [-0.2, 0) is 11.0 Å². The van der Waals surface area contributed by atoms with E-state index in [1.807, 2.05) is 6.92 Å². The molecule has 1 aromatic carbocycles. The van der Waals surface area contributed by atoms with Gasteiger partial charge in [-0.05, 0) is 50.6 Å². The zero-order chi connectivity index (χ0) is 21.5. The molecule has 158 valence electrons. The van der Waals surface area contributed by atoms with E-state index in [0.717, 1.165) is 22.2 Å². The van der Waals surface area contributed by atoms with Gasteiger partial charge in [-0.25, -0.2) is 4.98 Å². The fourth-order valence-corrected chi connectivity index (χ4v) is 3.69. The molecular formula is C20H25F3N4O2. The Bertz CT molecular complexity index is 992. The highest BCUT2D eigenvalue weighted by atomic mass is 19.4. The third kappa shape index (κ3) is 4.01. The average Bonchev–Trinajstić information content (AvgIpc) is 2.67. The summed E-state index contributed by atoms with van der Waals surface area (Å²) in [7, 11) is 0. The molecule has 1 saturated heterocycles. The topological polar surface area (TPSA) is 58.4 Å². The zero-order valence-corrected chi connectivity index (χ0v) is 17.0. The minimum absolute atomic E-state index is 0.0514. The maximum absolute atomic E-state index is 13.5. The van der Waals surface area contributed by atoms with Crippen LogP contribution in [0, 0.1) is 13.8 Å². The second kappa shape index (κ2) is 7.78. The lowest BCUT2D eigenvalue weighted by Crippen LogP contribution is -2.51. The average molecular weight is 410 g/mol. The Labute approximate surface area is 166 Å². The molecule has 6 nitrogen and oxygen atoms in total. The Hall–Kier alpha value is -2.42. The van der Waals surface area contributed by atoms with Gasteiger partial charge in [-0.1, -0.05) is 6.92 Å². The second-order valence-electron chi connectivity index (χ2n) is 7.49. The van der Waals surface area contributed by atoms with Crippen molar-refractivity contribution >= 4 is 16.9 Å². The summed E-state index contributed by atoms with van der Waals surface area (Å²) in [6, 6.07) is 2.08. The van der Waals surface area contributed by atoms with Gasteiger partial charge in [0.05, 0.1) is 11.0 Å². The Morgan fingerprint density at radius 2 is 1.72 bits per heavy atom. The molecule has 0 unspecified atom stereocenters. The monoisotopic (exact) mass is 410 g/mol. The van der Waals surface area contributed by atoms with E-state index in [-0.39, 0.29) is 16.9 Å². The number of benzene rings is 1. The van der Waals surface area contributed by atoms with Gasteiger partial charge in [0.15, 0.2) is 0 Å². The van der Waals surface area contributed by atoms with Gasteiger partial charge in [-0.3, -0.25) is 14.2 Å². The number of alkyl halides is 3. The largest absolute Gasteiger partial charge is 0.438 e. The van der Waals surface area contributed by atoms with Crippen LogP contribution in [0.4, 0.5) is 13.2 Å². The molecule has 2 aromatic rings. The molecule has 9 heteroatoms. The summed E-state index contributed by atoms with van der Waals surface area (Å²) in [5.74, 6) is -0.360. The second-order valence-corrected chi connectivity index (χ2v) is 7.49. The van der Waals surface area contributed by atoms with Crippen molar-refractivity contribution in [2.24, 2.45) is 0 Å². The predicted molar refractivity (Wildman–Crippen MR) is 104 cm³/mol. The first-order valence-electron chi connectivity index (χ1n) is 9.66. The lowest BCUT2D eigenvalue weighted by Gasteiger charge is -2.35. The van der Waals surface area contributed by atoms with Crippen molar-refractivity contribution in [3.63, 3.8) is 0 Å². The van der Waals surface area contributed by atoms with E-state index >= 15 is 0 Å². The van der Waals surface area contributed by atoms with Crippen LogP contribution in [-0.4, -0.2) is 58.0 Å². The van der Waals surface area contributed by atoms with Crippen LogP contribution in [0.15, 0.2) is 16.9 Å². The van der Waals surface area contributed by atoms with Crippen molar-refractivity contribution in [1.82, 2.24) is 19.4 Å². The summed E-state index contributed by atoms with van der Waals surface area (Å²) in [6.45, 7) is 10.3. The molecule has 1 atom stereocenters. The van der Waals surface area contributed by atoms with Gasteiger partial charge in [0, 0.05) is 26.2 Å². The van der Waals surface area contributed by atoms with Crippen molar-refractivity contribution in [3.8, 4) is 0 Å². The highest BCUT2D eigenvalue weighted by molar-refractivity contribution is 5.84. The van der Waals surface area contributed by atoms with Crippen LogP contribution < -0.4 is 5.56 Å². The summed E-state index contributed by atoms with van der Waals surface area (Å²) in [6.07, 6.45) is -4.90. The molecule has 1 aromatic heterocycles. The van der Waals surface area contributed by atoms with Crippen LogP contribution in [0.25, 0.3) is 11.0 Å². The number of likely N-dealkylation sites (N-methyl/N-ethyl adjacent to an activating group) is 1. The van der Waals surface area contributed by atoms with Crippen molar-refractivity contribution in [2.45, 2.75) is 39.9 Å². The number of nitrogens with zero attached hydrogens (tertiary/aromatic N) is 4. The molecule has 0 radical (unpaired) electrons. The Morgan fingerprint density at radius 1 is 1.14 bits per heavy atom. The minimum atomic E-state index is -4.90. The number of carbonyl (C=O) groups excluding carboxylic acids is 1. The number of hydrogen-bond donors (Lipinski definition) is 0. The van der Waals surface area contributed by atoms with Crippen molar-refractivity contribution in [2.75, 3.05) is 32.7 Å². The summed E-state index contributed by atoms with van der Waals surface area (Å²) >= 11 is 0. The molecule has 0 saturated carbocycles. The van der Waals surface area contributed by atoms with E-state index in [9.17, 15) is 22.8 Å². The van der Waals surface area contributed by atoms with Crippen LogP contribution in [0.1, 0.15) is 36.7 Å². The van der Waals surface area contributed by atoms with Crippen molar-refractivity contribution in [1.29, 1.82) is 0 Å². The maximum atomic E-state index is 13.5. The zero-order valence-electron chi connectivity index (χ0n) is 17.0. The highest BCUT2D eigenvalue weighted by Gasteiger charge is 2.39. The van der Waals surface area contributed by atoms with Gasteiger partial charge in [-0.15, -0.1) is 0 Å². The lowest BCUT2D eigenvalue weighted by atomic mass is 10.1. The van der Waals surface area contributed by atoms with Crippen LogP contribution >= 0.6 is 0 Å². The number of hydrogen-bond acceptors (Lipinski definition) is 4. The van der Waals surface area contributed by atoms with Gasteiger partial charge < -0.3 is 9.80 Å². The molecule has 1 amide bonds. The summed E-state index contributed by atoms with van der Waals surface area (Å²) in [4.78, 5) is 33.2. The van der Waals surface area contributed by atoms with Gasteiger partial charge in [-0.2, -0.15) is 13.2 Å². The van der Waals surface area contributed by atoms with Gasteiger partial charge in [0.2, 0.25) is 11.6 Å². The fraction of sp³-hybridized carbons (Fsp3) is 0.550. The van der Waals surface area contributed by atoms with Gasteiger partial charge >= 0.3 is 6.18 Å². The van der Waals surface area contributed by atoms with E-state index < -0.39 is 23.5 Å². The summed E-state index contributed by atoms with van der Waals surface area (Å²) in [5.41, 5.74) is -0.930. The predicted octanol–water partition coefficient (Wildman–Crippen LogP) is 2.76. The van der Waals surface area contributed by atoms with Crippen LogP contribution in [0.5, 0.6) is 0 Å². The molecule has 29 heavy (non-hydrogen) atoms. The standard InChI is InChI=1S/C20H25F3N4O2/c1-5-25-6-8-26(9-7-25)18(28)14(4)27-16-11-13(3)12(2)10-15(16)24-17(19(27)29)20(21,22)23/h10-11,14H,5-9H2,1-4H3/t14-/m1/s1. The highest BCUT2D eigenvalue weighted by Crippen LogP contribution is 2.28. The molecule has 0 N–H and O–H groups in total. The first kappa shape index (κ1) is 21.3. The van der Waals surface area contributed by atoms with E-state index in [2.05, 4.69) is 9.88 Å². The molecular weight excluding hydrogens is 385 g/mol. The number of rotatable bonds is 3. The maximum Gasteiger partial charge on any atom is 0.438 e. The first-order valence-corrected chi connectivity index (χ1v) is 9.66. The number of aromatic nitrogens is 2. The third-order valence-electron chi connectivity index (χ3n) is 5.65. The lowest BCUT2D eigenvalue weighted by molar-refractivity contribution is -0.143. The number of fused-ring (bicyclic) bond motifs is 1. The van der Waals surface area contributed by atoms with Crippen molar-refractivity contribution < 1.29 is 18.0 Å².